The van der Waals surface area contributed by atoms with Gasteiger partial charge in [-0.1, -0.05) is 45.9 Å². The van der Waals surface area contributed by atoms with Gasteiger partial charge in [-0.15, -0.1) is 11.3 Å². The second-order valence-electron chi connectivity index (χ2n) is 8.10. The molecule has 1 heterocycles. The first-order valence-electron chi connectivity index (χ1n) is 11.9. The first-order valence-corrected chi connectivity index (χ1v) is 12.7. The van der Waals surface area contributed by atoms with Crippen LogP contribution in [0.5, 0.6) is 0 Å². The van der Waals surface area contributed by atoms with Gasteiger partial charge in [0, 0.05) is 37.6 Å². The number of aromatic nitrogens is 1. The van der Waals surface area contributed by atoms with Crippen LogP contribution in [-0.4, -0.2) is 31.2 Å². The zero-order valence-electron chi connectivity index (χ0n) is 19.6. The van der Waals surface area contributed by atoms with Crippen LogP contribution in [0, 0.1) is 0 Å². The predicted octanol–water partition coefficient (Wildman–Crippen LogP) is 7.72. The Morgan fingerprint density at radius 2 is 1.26 bits per heavy atom. The van der Waals surface area contributed by atoms with Crippen LogP contribution in [-0.2, 0) is 0 Å². The van der Waals surface area contributed by atoms with Gasteiger partial charge in [-0.2, -0.15) is 0 Å². The number of hydrogen-bond donors (Lipinski definition) is 0. The maximum atomic E-state index is 4.82. The van der Waals surface area contributed by atoms with Crippen LogP contribution < -0.4 is 9.80 Å². The largest absolute Gasteiger partial charge is 0.372 e. The lowest BCUT2D eigenvalue weighted by molar-refractivity contribution is 0.745. The van der Waals surface area contributed by atoms with Crippen molar-refractivity contribution in [3.05, 3.63) is 53.0 Å². The first kappa shape index (κ1) is 23.3. The van der Waals surface area contributed by atoms with Crippen molar-refractivity contribution < 1.29 is 0 Å². The molecule has 0 aliphatic carbocycles. The van der Waals surface area contributed by atoms with Gasteiger partial charge in [0.15, 0.2) is 0 Å². The molecule has 0 bridgehead atoms. The Bertz CT molecular complexity index is 946. The lowest BCUT2D eigenvalue weighted by atomic mass is 10.1. The average Bonchev–Trinajstić information content (AvgIpc) is 3.20. The van der Waals surface area contributed by atoms with Crippen LogP contribution in [0.2, 0.25) is 0 Å². The van der Waals surface area contributed by atoms with Gasteiger partial charge in [-0.3, -0.25) is 0 Å². The molecule has 0 aliphatic rings. The summed E-state index contributed by atoms with van der Waals surface area (Å²) in [6, 6.07) is 15.6. The minimum atomic E-state index is 1.06. The Labute approximate surface area is 192 Å². The molecule has 0 fully saturated rings. The molecule has 31 heavy (non-hydrogen) atoms. The third kappa shape index (κ3) is 6.33. The second-order valence-corrected chi connectivity index (χ2v) is 9.17. The Balaban J connectivity index is 1.73. The third-order valence-corrected chi connectivity index (χ3v) is 6.39. The Kier molecular flexibility index (Phi) is 8.96. The smallest absolute Gasteiger partial charge is 0.117 e. The fourth-order valence-corrected chi connectivity index (χ4v) is 4.89. The van der Waals surface area contributed by atoms with Crippen LogP contribution in [0.15, 0.2) is 42.5 Å². The van der Waals surface area contributed by atoms with E-state index < -0.39 is 0 Å². The number of nitrogens with zero attached hydrogens (tertiary/aromatic N) is 3. The molecule has 0 radical (unpaired) electrons. The van der Waals surface area contributed by atoms with Crippen molar-refractivity contribution in [2.24, 2.45) is 0 Å². The summed E-state index contributed by atoms with van der Waals surface area (Å²) in [5.74, 6) is 0. The van der Waals surface area contributed by atoms with Crippen molar-refractivity contribution in [1.82, 2.24) is 4.98 Å². The first-order chi connectivity index (χ1) is 15.2. The molecule has 0 saturated carbocycles. The fourth-order valence-electron chi connectivity index (χ4n) is 3.98. The lowest BCUT2D eigenvalue weighted by Gasteiger charge is -2.23. The van der Waals surface area contributed by atoms with Gasteiger partial charge in [0.05, 0.1) is 10.2 Å². The zero-order valence-corrected chi connectivity index (χ0v) is 20.4. The van der Waals surface area contributed by atoms with Gasteiger partial charge in [0.1, 0.15) is 5.01 Å². The summed E-state index contributed by atoms with van der Waals surface area (Å²) in [7, 11) is 0. The van der Waals surface area contributed by atoms with E-state index in [0.29, 0.717) is 0 Å². The highest BCUT2D eigenvalue weighted by atomic mass is 32.1. The molecule has 0 spiro atoms. The van der Waals surface area contributed by atoms with E-state index in [1.807, 2.05) is 0 Å². The van der Waals surface area contributed by atoms with Gasteiger partial charge in [0.25, 0.3) is 0 Å². The monoisotopic (exact) mass is 435 g/mol. The van der Waals surface area contributed by atoms with Crippen molar-refractivity contribution in [3.63, 3.8) is 0 Å². The van der Waals surface area contributed by atoms with E-state index in [-0.39, 0.29) is 0 Å². The van der Waals surface area contributed by atoms with E-state index in [1.165, 1.54) is 47.3 Å². The summed E-state index contributed by atoms with van der Waals surface area (Å²) in [5, 5.41) is 1.06. The molecule has 3 nitrogen and oxygen atoms in total. The van der Waals surface area contributed by atoms with Gasteiger partial charge < -0.3 is 9.80 Å². The van der Waals surface area contributed by atoms with E-state index >= 15 is 0 Å². The third-order valence-electron chi connectivity index (χ3n) is 5.40. The minimum absolute atomic E-state index is 1.06. The van der Waals surface area contributed by atoms with Crippen molar-refractivity contribution in [3.8, 4) is 0 Å². The van der Waals surface area contributed by atoms with Crippen LogP contribution in [0.4, 0.5) is 11.4 Å². The van der Waals surface area contributed by atoms with Crippen LogP contribution in [0.3, 0.4) is 0 Å². The normalized spacial score (nSPS) is 11.5. The standard InChI is InChI=1S/C27H37N3S/c1-5-17-29(18-6-2)23-12-9-22(10-13-23)11-16-27-28-25-15-14-24(21-26(25)31-27)30(19-7-3)20-8-4/h9-16,21H,5-8,17-20H2,1-4H3/b16-11+. The fraction of sp³-hybridized carbons (Fsp3) is 0.444. The molecule has 0 N–H and O–H groups in total. The molecule has 1 aromatic heterocycles. The van der Waals surface area contributed by atoms with Crippen LogP contribution in [0.1, 0.15) is 63.9 Å². The molecule has 166 valence electrons. The van der Waals surface area contributed by atoms with E-state index in [9.17, 15) is 0 Å². The van der Waals surface area contributed by atoms with Gasteiger partial charge >= 0.3 is 0 Å². The highest BCUT2D eigenvalue weighted by Gasteiger charge is 2.08. The number of fused-ring (bicyclic) bond motifs is 1. The number of thiazole rings is 1. The Morgan fingerprint density at radius 1 is 0.710 bits per heavy atom. The Hall–Kier alpha value is -2.33. The molecular weight excluding hydrogens is 398 g/mol. The number of benzene rings is 2. The molecule has 0 aliphatic heterocycles. The molecular formula is C27H37N3S. The maximum absolute atomic E-state index is 4.82. The van der Waals surface area contributed by atoms with Crippen molar-refractivity contribution in [2.75, 3.05) is 36.0 Å². The molecule has 3 aromatic rings. The summed E-state index contributed by atoms with van der Waals surface area (Å²) in [4.78, 5) is 9.77. The quantitative estimate of drug-likeness (QED) is 0.290. The van der Waals surface area contributed by atoms with E-state index in [0.717, 1.165) is 36.7 Å². The summed E-state index contributed by atoms with van der Waals surface area (Å²) < 4.78 is 1.26. The van der Waals surface area contributed by atoms with Crippen LogP contribution in [0.25, 0.3) is 22.4 Å². The summed E-state index contributed by atoms with van der Waals surface area (Å²) in [6.07, 6.45) is 9.01. The minimum Gasteiger partial charge on any atom is -0.372 e. The van der Waals surface area contributed by atoms with Crippen molar-refractivity contribution >= 4 is 45.1 Å². The summed E-state index contributed by atoms with van der Waals surface area (Å²) >= 11 is 1.77. The summed E-state index contributed by atoms with van der Waals surface area (Å²) in [5.41, 5.74) is 4.94. The molecule has 0 saturated heterocycles. The SMILES string of the molecule is CCCN(CCC)c1ccc(/C=C/c2nc3ccc(N(CCC)CCC)cc3s2)cc1. The van der Waals surface area contributed by atoms with Gasteiger partial charge in [-0.25, -0.2) is 4.98 Å². The number of hydrogen-bond acceptors (Lipinski definition) is 4. The molecule has 0 unspecified atom stereocenters. The molecule has 4 heteroatoms. The van der Waals surface area contributed by atoms with Crippen LogP contribution >= 0.6 is 11.3 Å². The number of rotatable bonds is 12. The molecule has 2 aromatic carbocycles. The zero-order chi connectivity index (χ0) is 22.1. The van der Waals surface area contributed by atoms with Crippen molar-refractivity contribution in [2.45, 2.75) is 53.4 Å². The molecule has 3 rings (SSSR count). The summed E-state index contributed by atoms with van der Waals surface area (Å²) in [6.45, 7) is 13.4. The van der Waals surface area contributed by atoms with Gasteiger partial charge in [-0.05, 0) is 67.7 Å². The molecule has 0 atom stereocenters. The Morgan fingerprint density at radius 3 is 1.84 bits per heavy atom. The predicted molar refractivity (Wildman–Crippen MR) is 141 cm³/mol. The van der Waals surface area contributed by atoms with Crippen molar-refractivity contribution in [1.29, 1.82) is 0 Å². The second kappa shape index (κ2) is 11.9. The highest BCUT2D eigenvalue weighted by molar-refractivity contribution is 7.19. The highest BCUT2D eigenvalue weighted by Crippen LogP contribution is 2.28. The average molecular weight is 436 g/mol. The maximum Gasteiger partial charge on any atom is 0.117 e. The molecule has 0 amide bonds. The van der Waals surface area contributed by atoms with E-state index in [4.69, 9.17) is 4.98 Å². The number of anilines is 2. The van der Waals surface area contributed by atoms with E-state index in [1.54, 1.807) is 11.3 Å². The topological polar surface area (TPSA) is 19.4 Å². The lowest BCUT2D eigenvalue weighted by Crippen LogP contribution is -2.24. The van der Waals surface area contributed by atoms with Gasteiger partial charge in [0.2, 0.25) is 0 Å². The van der Waals surface area contributed by atoms with E-state index in [2.05, 4.69) is 92.1 Å².